The predicted molar refractivity (Wildman–Crippen MR) is 71.6 cm³/mol. The van der Waals surface area contributed by atoms with E-state index in [1.165, 1.54) is 0 Å². The molecule has 0 fully saturated rings. The van der Waals surface area contributed by atoms with Crippen LogP contribution in [0.25, 0.3) is 0 Å². The second kappa shape index (κ2) is 7.18. The van der Waals surface area contributed by atoms with E-state index in [2.05, 4.69) is 22.5 Å². The van der Waals surface area contributed by atoms with Gasteiger partial charge in [0.25, 0.3) is 0 Å². The lowest BCUT2D eigenvalue weighted by Crippen LogP contribution is -2.31. The smallest absolute Gasteiger partial charge is 0.333 e. The molecule has 0 aliphatic carbocycles. The predicted octanol–water partition coefficient (Wildman–Crippen LogP) is 2.27. The molecule has 0 amide bonds. The maximum Gasteiger partial charge on any atom is 0.333 e. The molecule has 1 aromatic rings. The zero-order valence-electron chi connectivity index (χ0n) is 10.0. The van der Waals surface area contributed by atoms with Crippen LogP contribution in [0.5, 0.6) is 5.75 Å². The normalized spacial score (nSPS) is 13.5. The number of hydrogen-bond donors (Lipinski definition) is 1. The number of benzene rings is 1. The Kier molecular flexibility index (Phi) is 5.88. The first kappa shape index (κ1) is 14.7. The van der Waals surface area contributed by atoms with Gasteiger partial charge in [0.05, 0.1) is 0 Å². The number of carbonyl (C=O) groups is 1. The minimum atomic E-state index is -0.964. The van der Waals surface area contributed by atoms with E-state index >= 15 is 0 Å². The van der Waals surface area contributed by atoms with Gasteiger partial charge in [-0.15, -0.1) is 0 Å². The number of aliphatic hydroxyl groups is 1. The van der Waals surface area contributed by atoms with E-state index in [1.807, 2.05) is 18.2 Å². The summed E-state index contributed by atoms with van der Waals surface area (Å²) in [4.78, 5) is 11.1. The average Bonchev–Trinajstić information content (AvgIpc) is 2.36. The minimum absolute atomic E-state index is 0.158. The highest BCUT2D eigenvalue weighted by atomic mass is 79.9. The minimum Gasteiger partial charge on any atom is -0.476 e. The molecule has 0 aliphatic heterocycles. The third-order valence-corrected chi connectivity index (χ3v) is 2.83. The van der Waals surface area contributed by atoms with Gasteiger partial charge >= 0.3 is 5.97 Å². The van der Waals surface area contributed by atoms with Crippen molar-refractivity contribution in [3.63, 3.8) is 0 Å². The van der Waals surface area contributed by atoms with Crippen LogP contribution in [0.3, 0.4) is 0 Å². The Balaban J connectivity index is 2.40. The van der Waals surface area contributed by atoms with Crippen LogP contribution in [-0.4, -0.2) is 28.8 Å². The Bertz CT molecular complexity index is 405. The molecule has 0 spiro atoms. The highest BCUT2D eigenvalue weighted by Crippen LogP contribution is 2.16. The topological polar surface area (TPSA) is 55.8 Å². The van der Waals surface area contributed by atoms with Gasteiger partial charge in [0.1, 0.15) is 18.5 Å². The summed E-state index contributed by atoms with van der Waals surface area (Å²) in [7, 11) is 0. The fourth-order valence-electron chi connectivity index (χ4n) is 1.07. The fraction of sp³-hybridized carbons (Fsp3) is 0.308. The number of aliphatic hydroxyl groups excluding tert-OH is 1. The third-order valence-electron chi connectivity index (χ3n) is 2.03. The summed E-state index contributed by atoms with van der Waals surface area (Å²) in [5.41, 5.74) is 0.289. The molecule has 0 heterocycles. The maximum atomic E-state index is 11.1. The molecule has 0 radical (unpaired) electrons. The summed E-state index contributed by atoms with van der Waals surface area (Å²) in [6.45, 7) is 4.83. The van der Waals surface area contributed by atoms with E-state index in [4.69, 9.17) is 9.47 Å². The van der Waals surface area contributed by atoms with E-state index < -0.39 is 17.1 Å². The molecule has 1 rings (SSSR count). The quantitative estimate of drug-likeness (QED) is 0.497. The monoisotopic (exact) mass is 314 g/mol. The zero-order valence-corrected chi connectivity index (χ0v) is 11.6. The number of hydrogen-bond acceptors (Lipinski definition) is 4. The number of para-hydroxylation sites is 1. The molecule has 98 valence electrons. The summed E-state index contributed by atoms with van der Waals surface area (Å²) < 4.78 is 10.2. The second-order valence-corrected chi connectivity index (χ2v) is 4.63. The van der Waals surface area contributed by atoms with E-state index in [1.54, 1.807) is 19.1 Å². The van der Waals surface area contributed by atoms with Crippen molar-refractivity contribution in [3.05, 3.63) is 42.5 Å². The van der Waals surface area contributed by atoms with Crippen LogP contribution in [0, 0.1) is 0 Å². The Hall–Kier alpha value is -1.33. The van der Waals surface area contributed by atoms with Crippen LogP contribution in [0.4, 0.5) is 0 Å². The average molecular weight is 315 g/mol. The Morgan fingerprint density at radius 2 is 2.06 bits per heavy atom. The molecule has 4 nitrogen and oxygen atoms in total. The molecule has 1 aromatic carbocycles. The molecular weight excluding hydrogens is 300 g/mol. The Morgan fingerprint density at radius 1 is 1.44 bits per heavy atom. The highest BCUT2D eigenvalue weighted by Gasteiger charge is 2.19. The molecule has 18 heavy (non-hydrogen) atoms. The number of halogens is 1. The molecule has 2 atom stereocenters. The highest BCUT2D eigenvalue weighted by molar-refractivity contribution is 9.09. The molecular formula is C13H15BrO4. The summed E-state index contributed by atoms with van der Waals surface area (Å²) >= 11 is 3.18. The van der Waals surface area contributed by atoms with Crippen LogP contribution >= 0.6 is 15.9 Å². The van der Waals surface area contributed by atoms with Crippen molar-refractivity contribution in [3.8, 4) is 5.75 Å². The van der Waals surface area contributed by atoms with Crippen molar-refractivity contribution in [1.82, 2.24) is 0 Å². The molecule has 0 aromatic heterocycles. The van der Waals surface area contributed by atoms with Crippen molar-refractivity contribution in [2.45, 2.75) is 18.0 Å². The van der Waals surface area contributed by atoms with E-state index in [9.17, 15) is 9.90 Å². The van der Waals surface area contributed by atoms with Crippen molar-refractivity contribution >= 4 is 21.9 Å². The van der Waals surface area contributed by atoms with Crippen molar-refractivity contribution in [2.24, 2.45) is 0 Å². The summed E-state index contributed by atoms with van der Waals surface area (Å²) in [5, 5.41) is 9.08. The van der Waals surface area contributed by atoms with Crippen LogP contribution in [0.15, 0.2) is 42.5 Å². The fourth-order valence-corrected chi connectivity index (χ4v) is 1.44. The molecule has 0 saturated heterocycles. The molecule has 0 bridgehead atoms. The van der Waals surface area contributed by atoms with Crippen molar-refractivity contribution in [2.75, 3.05) is 6.61 Å². The lowest BCUT2D eigenvalue weighted by Gasteiger charge is -2.18. The number of alkyl halides is 1. The van der Waals surface area contributed by atoms with Gasteiger partial charge < -0.3 is 14.6 Å². The van der Waals surface area contributed by atoms with Crippen molar-refractivity contribution in [1.29, 1.82) is 0 Å². The van der Waals surface area contributed by atoms with Crippen LogP contribution in [0.1, 0.15) is 6.92 Å². The lowest BCUT2D eigenvalue weighted by molar-refractivity contribution is -0.142. The largest absolute Gasteiger partial charge is 0.476 e. The zero-order chi connectivity index (χ0) is 13.5. The Morgan fingerprint density at radius 3 is 2.61 bits per heavy atom. The van der Waals surface area contributed by atoms with Crippen LogP contribution in [0.2, 0.25) is 0 Å². The van der Waals surface area contributed by atoms with Crippen LogP contribution in [-0.2, 0) is 9.53 Å². The van der Waals surface area contributed by atoms with Gasteiger partial charge in [-0.25, -0.2) is 4.79 Å². The van der Waals surface area contributed by atoms with Gasteiger partial charge in [0.15, 0.2) is 5.01 Å². The lowest BCUT2D eigenvalue weighted by atomic mass is 10.3. The first-order valence-corrected chi connectivity index (χ1v) is 6.28. The first-order chi connectivity index (χ1) is 8.50. The standard InChI is InChI=1S/C13H15BrO4/c1-9(2)13(16)17-8-11(15)12(14)18-10-6-4-3-5-7-10/h3-7,11-12,15H,1,8H2,2H3. The van der Waals surface area contributed by atoms with E-state index in [-0.39, 0.29) is 12.2 Å². The Labute approximate surface area is 114 Å². The number of carbonyl (C=O) groups excluding carboxylic acids is 1. The maximum absolute atomic E-state index is 11.1. The number of rotatable bonds is 6. The van der Waals surface area contributed by atoms with Gasteiger partial charge in [-0.3, -0.25) is 0 Å². The van der Waals surface area contributed by atoms with Crippen LogP contribution < -0.4 is 4.74 Å². The number of esters is 1. The van der Waals surface area contributed by atoms with Crippen molar-refractivity contribution < 1.29 is 19.4 Å². The molecule has 1 N–H and O–H groups in total. The van der Waals surface area contributed by atoms with Gasteiger partial charge in [0, 0.05) is 5.57 Å². The third kappa shape index (κ3) is 4.89. The van der Waals surface area contributed by atoms with Gasteiger partial charge in [0.2, 0.25) is 0 Å². The van der Waals surface area contributed by atoms with Gasteiger partial charge in [-0.05, 0) is 35.0 Å². The number of ether oxygens (including phenoxy) is 2. The van der Waals surface area contributed by atoms with E-state index in [0.29, 0.717) is 5.75 Å². The van der Waals surface area contributed by atoms with E-state index in [0.717, 1.165) is 0 Å². The van der Waals surface area contributed by atoms with Gasteiger partial charge in [-0.1, -0.05) is 24.8 Å². The molecule has 0 saturated carbocycles. The molecule has 2 unspecified atom stereocenters. The molecule has 0 aliphatic rings. The summed E-state index contributed by atoms with van der Waals surface area (Å²) in [5.74, 6) is 0.0816. The second-order valence-electron chi connectivity index (χ2n) is 3.73. The SMILES string of the molecule is C=C(C)C(=O)OCC(O)C(Br)Oc1ccccc1. The summed E-state index contributed by atoms with van der Waals surface area (Å²) in [6.07, 6.45) is -0.964. The first-order valence-electron chi connectivity index (χ1n) is 5.37. The van der Waals surface area contributed by atoms with Gasteiger partial charge in [-0.2, -0.15) is 0 Å². The molecule has 5 heteroatoms. The summed E-state index contributed by atoms with van der Waals surface area (Å²) in [6, 6.07) is 9.04.